The van der Waals surface area contributed by atoms with Crippen LogP contribution >= 0.6 is 0 Å². The van der Waals surface area contributed by atoms with Crippen LogP contribution in [0.15, 0.2) is 42.5 Å². The third-order valence-corrected chi connectivity index (χ3v) is 4.89. The van der Waals surface area contributed by atoms with Crippen LogP contribution in [0.2, 0.25) is 0 Å². The zero-order chi connectivity index (χ0) is 20.3. The molecule has 1 aliphatic heterocycles. The van der Waals surface area contributed by atoms with E-state index in [1.807, 2.05) is 32.0 Å². The summed E-state index contributed by atoms with van der Waals surface area (Å²) < 4.78 is 0. The minimum Gasteiger partial charge on any atom is -0.336 e. The fourth-order valence-electron chi connectivity index (χ4n) is 3.09. The summed E-state index contributed by atoms with van der Waals surface area (Å²) in [6.07, 6.45) is 0. The number of carbonyl (C=O) groups excluding carboxylic acids is 3. The monoisotopic (exact) mass is 380 g/mol. The van der Waals surface area contributed by atoms with Gasteiger partial charge in [-0.05, 0) is 55.3 Å². The van der Waals surface area contributed by atoms with Crippen molar-refractivity contribution in [2.75, 3.05) is 36.9 Å². The summed E-state index contributed by atoms with van der Waals surface area (Å²) in [5, 5.41) is 5.60. The van der Waals surface area contributed by atoms with Gasteiger partial charge in [0, 0.05) is 37.1 Å². The van der Waals surface area contributed by atoms with Crippen molar-refractivity contribution in [2.45, 2.75) is 13.8 Å². The Balaban J connectivity index is 1.61. The van der Waals surface area contributed by atoms with Crippen LogP contribution in [0.5, 0.6) is 0 Å². The lowest BCUT2D eigenvalue weighted by Crippen LogP contribution is -2.35. The number of rotatable bonds is 5. The van der Waals surface area contributed by atoms with E-state index in [9.17, 15) is 14.4 Å². The van der Waals surface area contributed by atoms with Crippen molar-refractivity contribution in [1.29, 1.82) is 0 Å². The average Bonchev–Trinajstić information content (AvgIpc) is 3.11. The van der Waals surface area contributed by atoms with Crippen LogP contribution in [0, 0.1) is 13.8 Å². The molecule has 28 heavy (non-hydrogen) atoms. The van der Waals surface area contributed by atoms with Crippen LogP contribution in [0.3, 0.4) is 0 Å². The number of urea groups is 1. The van der Waals surface area contributed by atoms with E-state index in [0.29, 0.717) is 18.7 Å². The van der Waals surface area contributed by atoms with Gasteiger partial charge in [0.25, 0.3) is 5.91 Å². The van der Waals surface area contributed by atoms with Crippen LogP contribution in [-0.4, -0.2) is 49.4 Å². The molecule has 7 heteroatoms. The first-order chi connectivity index (χ1) is 13.4. The molecule has 4 amide bonds. The second-order valence-corrected chi connectivity index (χ2v) is 6.89. The lowest BCUT2D eigenvalue weighted by molar-refractivity contribution is -0.116. The number of likely N-dealkylation sites (N-methyl/N-ethyl adjacent to an activating group) is 1. The largest absolute Gasteiger partial charge is 0.336 e. The first-order valence-corrected chi connectivity index (χ1v) is 9.14. The number of amides is 4. The quantitative estimate of drug-likeness (QED) is 0.836. The highest BCUT2D eigenvalue weighted by Gasteiger charge is 2.22. The predicted molar refractivity (Wildman–Crippen MR) is 109 cm³/mol. The van der Waals surface area contributed by atoms with E-state index in [2.05, 4.69) is 10.6 Å². The van der Waals surface area contributed by atoms with Gasteiger partial charge in [0.15, 0.2) is 0 Å². The molecular formula is C21H24N4O3. The van der Waals surface area contributed by atoms with E-state index in [1.54, 1.807) is 36.2 Å². The SMILES string of the molecule is Cc1cccc(NC(=O)CN(C)C(=O)c2ccc(N3CCNC3=O)cc2)c1C. The summed E-state index contributed by atoms with van der Waals surface area (Å²) in [6, 6.07) is 12.4. The van der Waals surface area contributed by atoms with Gasteiger partial charge in [-0.2, -0.15) is 0 Å². The van der Waals surface area contributed by atoms with Crippen molar-refractivity contribution < 1.29 is 14.4 Å². The van der Waals surface area contributed by atoms with Gasteiger partial charge in [0.1, 0.15) is 0 Å². The Morgan fingerprint density at radius 2 is 1.86 bits per heavy atom. The van der Waals surface area contributed by atoms with Gasteiger partial charge in [-0.1, -0.05) is 12.1 Å². The molecule has 0 aliphatic carbocycles. The zero-order valence-corrected chi connectivity index (χ0v) is 16.3. The molecule has 146 valence electrons. The molecule has 1 heterocycles. The molecular weight excluding hydrogens is 356 g/mol. The maximum atomic E-state index is 12.6. The second-order valence-electron chi connectivity index (χ2n) is 6.89. The number of aryl methyl sites for hydroxylation is 1. The maximum Gasteiger partial charge on any atom is 0.321 e. The molecule has 0 radical (unpaired) electrons. The number of nitrogens with one attached hydrogen (secondary N) is 2. The second kappa shape index (κ2) is 8.12. The van der Waals surface area contributed by atoms with Gasteiger partial charge >= 0.3 is 6.03 Å². The third-order valence-electron chi connectivity index (χ3n) is 4.89. The Bertz CT molecular complexity index is 908. The minimum absolute atomic E-state index is 0.0531. The standard InChI is InChI=1S/C21H24N4O3/c1-14-5-4-6-18(15(14)2)23-19(26)13-24(3)20(27)16-7-9-17(10-8-16)25-12-11-22-21(25)28/h4-10H,11-13H2,1-3H3,(H,22,28)(H,23,26). The fourth-order valence-corrected chi connectivity index (χ4v) is 3.09. The summed E-state index contributed by atoms with van der Waals surface area (Å²) in [4.78, 5) is 39.6. The molecule has 0 atom stereocenters. The van der Waals surface area contributed by atoms with Crippen LogP contribution in [0.25, 0.3) is 0 Å². The van der Waals surface area contributed by atoms with E-state index in [0.717, 1.165) is 22.5 Å². The molecule has 7 nitrogen and oxygen atoms in total. The van der Waals surface area contributed by atoms with E-state index < -0.39 is 0 Å². The van der Waals surface area contributed by atoms with Gasteiger partial charge in [-0.3, -0.25) is 14.5 Å². The molecule has 1 aliphatic rings. The first kappa shape index (κ1) is 19.4. The molecule has 1 saturated heterocycles. The Hall–Kier alpha value is -3.35. The maximum absolute atomic E-state index is 12.6. The number of hydrogen-bond donors (Lipinski definition) is 2. The van der Waals surface area contributed by atoms with Crippen molar-refractivity contribution in [3.05, 3.63) is 59.2 Å². The van der Waals surface area contributed by atoms with E-state index in [4.69, 9.17) is 0 Å². The molecule has 2 aromatic rings. The van der Waals surface area contributed by atoms with E-state index in [-0.39, 0.29) is 24.4 Å². The first-order valence-electron chi connectivity index (χ1n) is 9.14. The van der Waals surface area contributed by atoms with Crippen LogP contribution in [0.1, 0.15) is 21.5 Å². The Labute approximate surface area is 164 Å². The number of benzene rings is 2. The topological polar surface area (TPSA) is 81.8 Å². The minimum atomic E-state index is -0.256. The molecule has 0 bridgehead atoms. The molecule has 3 rings (SSSR count). The van der Waals surface area contributed by atoms with Gasteiger partial charge < -0.3 is 15.5 Å². The lowest BCUT2D eigenvalue weighted by Gasteiger charge is -2.19. The summed E-state index contributed by atoms with van der Waals surface area (Å²) in [5.41, 5.74) is 4.05. The highest BCUT2D eigenvalue weighted by atomic mass is 16.2. The summed E-state index contributed by atoms with van der Waals surface area (Å²) in [6.45, 7) is 5.09. The molecule has 2 aromatic carbocycles. The van der Waals surface area contributed by atoms with E-state index >= 15 is 0 Å². The van der Waals surface area contributed by atoms with Gasteiger partial charge in [-0.15, -0.1) is 0 Å². The highest BCUT2D eigenvalue weighted by molar-refractivity contribution is 6.00. The predicted octanol–water partition coefficient (Wildman–Crippen LogP) is 2.54. The van der Waals surface area contributed by atoms with Crippen LogP contribution in [0.4, 0.5) is 16.2 Å². The van der Waals surface area contributed by atoms with Crippen LogP contribution in [-0.2, 0) is 4.79 Å². The molecule has 0 spiro atoms. The molecule has 0 aromatic heterocycles. The Kier molecular flexibility index (Phi) is 5.63. The van der Waals surface area contributed by atoms with Gasteiger partial charge in [-0.25, -0.2) is 4.79 Å². The number of hydrogen-bond acceptors (Lipinski definition) is 3. The lowest BCUT2D eigenvalue weighted by atomic mass is 10.1. The number of carbonyl (C=O) groups is 3. The Morgan fingerprint density at radius 3 is 2.50 bits per heavy atom. The molecule has 1 fully saturated rings. The molecule has 0 unspecified atom stereocenters. The highest BCUT2D eigenvalue weighted by Crippen LogP contribution is 2.19. The summed E-state index contributed by atoms with van der Waals surface area (Å²) in [7, 11) is 1.59. The van der Waals surface area contributed by atoms with E-state index in [1.165, 1.54) is 4.90 Å². The van der Waals surface area contributed by atoms with Crippen molar-refractivity contribution in [1.82, 2.24) is 10.2 Å². The zero-order valence-electron chi connectivity index (χ0n) is 16.3. The van der Waals surface area contributed by atoms with Crippen molar-refractivity contribution in [3.8, 4) is 0 Å². The molecule has 0 saturated carbocycles. The average molecular weight is 380 g/mol. The normalized spacial score (nSPS) is 13.2. The van der Waals surface area contributed by atoms with Gasteiger partial charge in [0.2, 0.25) is 5.91 Å². The summed E-state index contributed by atoms with van der Waals surface area (Å²) in [5.74, 6) is -0.511. The smallest absolute Gasteiger partial charge is 0.321 e. The van der Waals surface area contributed by atoms with Crippen molar-refractivity contribution in [3.63, 3.8) is 0 Å². The van der Waals surface area contributed by atoms with Crippen LogP contribution < -0.4 is 15.5 Å². The molecule has 2 N–H and O–H groups in total. The van der Waals surface area contributed by atoms with Crippen molar-refractivity contribution in [2.24, 2.45) is 0 Å². The Morgan fingerprint density at radius 1 is 1.14 bits per heavy atom. The van der Waals surface area contributed by atoms with Crippen molar-refractivity contribution >= 4 is 29.2 Å². The number of anilines is 2. The van der Waals surface area contributed by atoms with Gasteiger partial charge in [0.05, 0.1) is 6.54 Å². The number of nitrogens with zero attached hydrogens (tertiary/aromatic N) is 2. The summed E-state index contributed by atoms with van der Waals surface area (Å²) >= 11 is 0. The third kappa shape index (κ3) is 4.14. The fraction of sp³-hybridized carbons (Fsp3) is 0.286.